The number of nitrogens with one attached hydrogen (secondary N) is 2. The number of carbonyl (C=O) groups excluding carboxylic acids is 3. The SMILES string of the molecule is CC(C)C[C@H](NC(=O)[C@H](Cc1ccccc1)NC1=CC(=O)c2ccccc2C1=O)B1O[C@@H]2C[C@H]3C[C@@H](C(C)(C)C3)[C@]2(C)O1. The van der Waals surface area contributed by atoms with Gasteiger partial charge in [0, 0.05) is 23.6 Å². The molecule has 226 valence electrons. The average molecular weight is 583 g/mol. The number of allylic oxidation sites excluding steroid dienone is 2. The van der Waals surface area contributed by atoms with Crippen LogP contribution in [0.3, 0.4) is 0 Å². The first-order valence-electron chi connectivity index (χ1n) is 15.8. The fourth-order valence-corrected chi connectivity index (χ4v) is 8.24. The third-order valence-electron chi connectivity index (χ3n) is 10.1. The summed E-state index contributed by atoms with van der Waals surface area (Å²) in [4.78, 5) is 40.4. The largest absolute Gasteiger partial charge is 0.481 e. The molecule has 6 atom stereocenters. The number of amides is 1. The second-order valence-corrected chi connectivity index (χ2v) is 14.3. The zero-order chi connectivity index (χ0) is 30.5. The number of fused-ring (bicyclic) bond motifs is 5. The lowest BCUT2D eigenvalue weighted by atomic mass is 9.68. The zero-order valence-corrected chi connectivity index (χ0v) is 25.9. The molecule has 43 heavy (non-hydrogen) atoms. The van der Waals surface area contributed by atoms with E-state index < -0.39 is 18.8 Å². The lowest BCUT2D eigenvalue weighted by molar-refractivity contribution is -0.123. The minimum absolute atomic E-state index is 0.00364. The van der Waals surface area contributed by atoms with E-state index in [0.29, 0.717) is 35.8 Å². The predicted octanol–water partition coefficient (Wildman–Crippen LogP) is 5.34. The molecule has 2 saturated carbocycles. The Labute approximate surface area is 255 Å². The molecule has 0 aromatic heterocycles. The van der Waals surface area contributed by atoms with Gasteiger partial charge in [-0.2, -0.15) is 0 Å². The van der Waals surface area contributed by atoms with Crippen LogP contribution >= 0.6 is 0 Å². The van der Waals surface area contributed by atoms with Crippen LogP contribution in [0.15, 0.2) is 66.4 Å². The Kier molecular flexibility index (Phi) is 7.88. The summed E-state index contributed by atoms with van der Waals surface area (Å²) >= 11 is 0. The third kappa shape index (κ3) is 5.72. The maximum absolute atomic E-state index is 14.1. The van der Waals surface area contributed by atoms with Crippen molar-refractivity contribution in [3.8, 4) is 0 Å². The molecule has 3 aliphatic carbocycles. The van der Waals surface area contributed by atoms with Crippen LogP contribution in [0.5, 0.6) is 0 Å². The first-order chi connectivity index (χ1) is 20.4. The molecule has 1 heterocycles. The maximum atomic E-state index is 14.1. The lowest BCUT2D eigenvalue weighted by Crippen LogP contribution is -2.55. The van der Waals surface area contributed by atoms with Crippen LogP contribution < -0.4 is 10.6 Å². The number of Topliss-reactive ketones (excluding diaryl/α,β-unsaturated/α-hetero) is 1. The Morgan fingerprint density at radius 2 is 1.70 bits per heavy atom. The van der Waals surface area contributed by atoms with E-state index >= 15 is 0 Å². The van der Waals surface area contributed by atoms with Crippen LogP contribution in [-0.4, -0.2) is 48.3 Å². The van der Waals surface area contributed by atoms with E-state index in [4.69, 9.17) is 9.31 Å². The highest BCUT2D eigenvalue weighted by Crippen LogP contribution is 2.60. The van der Waals surface area contributed by atoms with Crippen LogP contribution in [-0.2, 0) is 20.5 Å². The summed E-state index contributed by atoms with van der Waals surface area (Å²) in [6.07, 6.45) is 5.68. The van der Waals surface area contributed by atoms with Gasteiger partial charge >= 0.3 is 7.12 Å². The van der Waals surface area contributed by atoms with Crippen molar-refractivity contribution in [1.29, 1.82) is 0 Å². The van der Waals surface area contributed by atoms with E-state index in [0.717, 1.165) is 18.4 Å². The highest BCUT2D eigenvalue weighted by molar-refractivity contribution is 6.48. The van der Waals surface area contributed by atoms with E-state index in [1.807, 2.05) is 30.3 Å². The van der Waals surface area contributed by atoms with Gasteiger partial charge in [0.25, 0.3) is 0 Å². The highest BCUT2D eigenvalue weighted by Gasteiger charge is 2.64. The van der Waals surface area contributed by atoms with Crippen LogP contribution in [0.4, 0.5) is 0 Å². The topological polar surface area (TPSA) is 93.7 Å². The van der Waals surface area contributed by atoms with Gasteiger partial charge in [0.1, 0.15) is 6.04 Å². The lowest BCUT2D eigenvalue weighted by Gasteiger charge is -2.44. The van der Waals surface area contributed by atoms with Crippen molar-refractivity contribution >= 4 is 24.6 Å². The van der Waals surface area contributed by atoms with Gasteiger partial charge in [-0.05, 0) is 61.3 Å². The van der Waals surface area contributed by atoms with Crippen molar-refractivity contribution in [3.63, 3.8) is 0 Å². The predicted molar refractivity (Wildman–Crippen MR) is 166 cm³/mol. The molecule has 2 aromatic rings. The summed E-state index contributed by atoms with van der Waals surface area (Å²) in [6.45, 7) is 11.2. The molecule has 3 fully saturated rings. The molecule has 1 amide bonds. The molecule has 8 heteroatoms. The number of carbonyl (C=O) groups is 3. The van der Waals surface area contributed by atoms with Crippen molar-refractivity contribution in [2.75, 3.05) is 0 Å². The standard InChI is InChI=1S/C35H43BN2O5/c1-21(2)15-31(36-42-30-18-23-17-29(34(3,4)20-23)35(30,5)43-36)38-33(41)27(16-22-11-7-6-8-12-22)37-26-19-28(39)24-13-9-10-14-25(24)32(26)40/h6-14,19,21,23,27,29-31,37H,15-18,20H2,1-5H3,(H,38,41)/t23-,27+,29+,30-,31+,35+/m1/s1. The molecule has 1 aliphatic heterocycles. The fourth-order valence-electron chi connectivity index (χ4n) is 8.24. The molecule has 0 spiro atoms. The Balaban J connectivity index is 1.24. The van der Waals surface area contributed by atoms with Crippen molar-refractivity contribution in [2.45, 2.75) is 90.4 Å². The van der Waals surface area contributed by atoms with E-state index in [-0.39, 0.29) is 46.5 Å². The Morgan fingerprint density at radius 1 is 1.00 bits per heavy atom. The van der Waals surface area contributed by atoms with Gasteiger partial charge < -0.3 is 19.9 Å². The molecule has 6 rings (SSSR count). The van der Waals surface area contributed by atoms with Crippen LogP contribution in [0.25, 0.3) is 0 Å². The number of rotatable bonds is 9. The molecule has 7 nitrogen and oxygen atoms in total. The average Bonchev–Trinajstić information content (AvgIpc) is 3.45. The summed E-state index contributed by atoms with van der Waals surface area (Å²) in [5.41, 5.74) is 1.58. The minimum Gasteiger partial charge on any atom is -0.404 e. The monoisotopic (exact) mass is 582 g/mol. The van der Waals surface area contributed by atoms with Crippen LogP contribution in [0.2, 0.25) is 0 Å². The summed E-state index contributed by atoms with van der Waals surface area (Å²) in [5, 5.41) is 6.42. The van der Waals surface area contributed by atoms with Gasteiger partial charge in [-0.3, -0.25) is 14.4 Å². The molecule has 2 aromatic carbocycles. The molecular weight excluding hydrogens is 539 g/mol. The summed E-state index contributed by atoms with van der Waals surface area (Å²) < 4.78 is 13.5. The number of hydrogen-bond donors (Lipinski definition) is 2. The van der Waals surface area contributed by atoms with Crippen molar-refractivity contribution in [2.24, 2.45) is 23.2 Å². The minimum atomic E-state index is -0.792. The number of hydrogen-bond acceptors (Lipinski definition) is 6. The van der Waals surface area contributed by atoms with Crippen LogP contribution in [0, 0.1) is 23.2 Å². The molecule has 2 bridgehead atoms. The molecule has 0 unspecified atom stereocenters. The zero-order valence-electron chi connectivity index (χ0n) is 25.9. The molecule has 1 saturated heterocycles. The van der Waals surface area contributed by atoms with Gasteiger partial charge in [0.05, 0.1) is 23.3 Å². The second kappa shape index (κ2) is 11.4. The number of benzene rings is 2. The maximum Gasteiger partial charge on any atom is 0.481 e. The van der Waals surface area contributed by atoms with Gasteiger partial charge in [-0.1, -0.05) is 82.3 Å². The molecule has 2 N–H and O–H groups in total. The molecule has 4 aliphatic rings. The Bertz CT molecular complexity index is 1440. The van der Waals surface area contributed by atoms with E-state index in [9.17, 15) is 14.4 Å². The van der Waals surface area contributed by atoms with Crippen molar-refractivity contribution in [3.05, 3.63) is 83.1 Å². The van der Waals surface area contributed by atoms with Crippen molar-refractivity contribution < 1.29 is 23.7 Å². The second-order valence-electron chi connectivity index (χ2n) is 14.3. The van der Waals surface area contributed by atoms with E-state index in [1.54, 1.807) is 24.3 Å². The Morgan fingerprint density at radius 3 is 2.42 bits per heavy atom. The van der Waals surface area contributed by atoms with Crippen molar-refractivity contribution in [1.82, 2.24) is 10.6 Å². The summed E-state index contributed by atoms with van der Waals surface area (Å²) in [7, 11) is -0.558. The van der Waals surface area contributed by atoms with E-state index in [1.165, 1.54) is 12.5 Å². The molecule has 0 radical (unpaired) electrons. The highest BCUT2D eigenvalue weighted by atomic mass is 16.7. The van der Waals surface area contributed by atoms with Gasteiger partial charge in [0.15, 0.2) is 5.78 Å². The summed E-state index contributed by atoms with van der Waals surface area (Å²) in [6, 6.07) is 15.7. The fraction of sp³-hybridized carbons (Fsp3) is 0.514. The van der Waals surface area contributed by atoms with Gasteiger partial charge in [-0.25, -0.2) is 0 Å². The first kappa shape index (κ1) is 29.8. The smallest absolute Gasteiger partial charge is 0.404 e. The van der Waals surface area contributed by atoms with Gasteiger partial charge in [-0.15, -0.1) is 0 Å². The third-order valence-corrected chi connectivity index (χ3v) is 10.1. The van der Waals surface area contributed by atoms with Crippen LogP contribution in [0.1, 0.15) is 86.6 Å². The quantitative estimate of drug-likeness (QED) is 0.388. The number of ketones is 2. The summed E-state index contributed by atoms with van der Waals surface area (Å²) in [5.74, 6) is 0.164. The first-order valence-corrected chi connectivity index (χ1v) is 15.8. The Hall–Kier alpha value is -3.23. The van der Waals surface area contributed by atoms with Gasteiger partial charge in [0.2, 0.25) is 11.7 Å². The normalized spacial score (nSPS) is 28.7. The molecular formula is C35H43BN2O5. The van der Waals surface area contributed by atoms with E-state index in [2.05, 4.69) is 45.3 Å².